The highest BCUT2D eigenvalue weighted by Gasteiger charge is 2.72. The van der Waals surface area contributed by atoms with Crippen LogP contribution >= 0.6 is 0 Å². The lowest BCUT2D eigenvalue weighted by atomic mass is 10.1. The van der Waals surface area contributed by atoms with Crippen LogP contribution in [0.25, 0.3) is 11.0 Å². The summed E-state index contributed by atoms with van der Waals surface area (Å²) in [5.74, 6) is -4.68. The molecule has 3 rings (SSSR count). The Morgan fingerprint density at radius 1 is 0.900 bits per heavy atom. The Morgan fingerprint density at radius 2 is 1.40 bits per heavy atom. The number of nitrogens with zero attached hydrogens (tertiary/aromatic N) is 2. The van der Waals surface area contributed by atoms with Crippen molar-refractivity contribution in [1.82, 2.24) is 9.97 Å². The maximum atomic E-state index is 13.9. The molecule has 106 valence electrons. The predicted octanol–water partition coefficient (Wildman–Crippen LogP) is 3.39. The van der Waals surface area contributed by atoms with Crippen molar-refractivity contribution in [3.05, 3.63) is 35.7 Å². The van der Waals surface area contributed by atoms with Crippen LogP contribution in [0.2, 0.25) is 0 Å². The number of halogens is 6. The van der Waals surface area contributed by atoms with E-state index in [9.17, 15) is 26.3 Å². The monoisotopic (exact) mass is 294 g/mol. The van der Waals surface area contributed by atoms with Gasteiger partial charge in [-0.2, -0.15) is 26.3 Å². The zero-order chi connectivity index (χ0) is 14.8. The molecule has 0 saturated heterocycles. The van der Waals surface area contributed by atoms with E-state index in [1.807, 2.05) is 0 Å². The Kier molecular flexibility index (Phi) is 2.36. The summed E-state index contributed by atoms with van der Waals surface area (Å²) in [5, 5.41) is 0. The minimum Gasteiger partial charge on any atom is -0.264 e. The van der Waals surface area contributed by atoms with Gasteiger partial charge < -0.3 is 0 Å². The second kappa shape index (κ2) is 3.60. The van der Waals surface area contributed by atoms with Gasteiger partial charge in [0.15, 0.2) is 5.69 Å². The van der Waals surface area contributed by atoms with Crippen LogP contribution in [0.15, 0.2) is 24.3 Å². The molecule has 0 bridgehead atoms. The summed E-state index contributed by atoms with van der Waals surface area (Å²) in [5.41, 5.74) is -3.25. The fourth-order valence-electron chi connectivity index (χ4n) is 1.89. The lowest BCUT2D eigenvalue weighted by molar-refractivity contribution is -0.409. The molecule has 2 heterocycles. The van der Waals surface area contributed by atoms with Gasteiger partial charge in [-0.15, -0.1) is 0 Å². The van der Waals surface area contributed by atoms with Gasteiger partial charge in [0.2, 0.25) is 0 Å². The third-order valence-corrected chi connectivity index (χ3v) is 2.78. The zero-order valence-corrected chi connectivity index (χ0v) is 9.38. The summed E-state index contributed by atoms with van der Waals surface area (Å²) in [6, 6.07) is 5.34. The standard InChI is InChI=1S/C11H4F6N2O/c12-9(11(15,16)17)7-8(10(13,14)20-9)19-6-4-2-1-3-5(6)18-7/h1-4H. The SMILES string of the molecule is FC1(F)OC(F)(C(F)(F)F)c2nc3ccccc3nc21. The van der Waals surface area contributed by atoms with Crippen LogP contribution in [-0.4, -0.2) is 16.1 Å². The molecule has 0 fully saturated rings. The van der Waals surface area contributed by atoms with Crippen LogP contribution in [0, 0.1) is 0 Å². The zero-order valence-electron chi connectivity index (χ0n) is 9.38. The number of fused-ring (bicyclic) bond motifs is 2. The van der Waals surface area contributed by atoms with E-state index in [4.69, 9.17) is 0 Å². The highest BCUT2D eigenvalue weighted by atomic mass is 19.4. The first kappa shape index (κ1) is 13.1. The van der Waals surface area contributed by atoms with Crippen molar-refractivity contribution in [3.8, 4) is 0 Å². The van der Waals surface area contributed by atoms with E-state index in [1.165, 1.54) is 24.3 Å². The quantitative estimate of drug-likeness (QED) is 0.699. The molecule has 1 aromatic heterocycles. The highest BCUT2D eigenvalue weighted by Crippen LogP contribution is 2.55. The third kappa shape index (κ3) is 1.59. The molecule has 9 heteroatoms. The molecule has 1 aromatic carbocycles. The summed E-state index contributed by atoms with van der Waals surface area (Å²) in [7, 11) is 0. The Morgan fingerprint density at radius 3 is 1.90 bits per heavy atom. The second-order valence-electron chi connectivity index (χ2n) is 4.12. The van der Waals surface area contributed by atoms with E-state index in [0.29, 0.717) is 0 Å². The minimum atomic E-state index is -5.70. The van der Waals surface area contributed by atoms with Gasteiger partial charge in [0.1, 0.15) is 5.69 Å². The summed E-state index contributed by atoms with van der Waals surface area (Å²) < 4.78 is 82.0. The Labute approximate surface area is 107 Å². The minimum absolute atomic E-state index is 0.0825. The van der Waals surface area contributed by atoms with Crippen LogP contribution in [0.4, 0.5) is 26.3 Å². The molecule has 20 heavy (non-hydrogen) atoms. The summed E-state index contributed by atoms with van der Waals surface area (Å²) in [4.78, 5) is 6.65. The van der Waals surface area contributed by atoms with Gasteiger partial charge in [-0.1, -0.05) is 12.1 Å². The van der Waals surface area contributed by atoms with Crippen molar-refractivity contribution < 1.29 is 31.1 Å². The van der Waals surface area contributed by atoms with Crippen molar-refractivity contribution >= 4 is 11.0 Å². The number of aromatic nitrogens is 2. The van der Waals surface area contributed by atoms with Gasteiger partial charge in [0, 0.05) is 0 Å². The molecular weight excluding hydrogens is 290 g/mol. The second-order valence-corrected chi connectivity index (χ2v) is 4.12. The molecule has 0 N–H and O–H groups in total. The predicted molar refractivity (Wildman–Crippen MR) is 53.4 cm³/mol. The summed E-state index contributed by atoms with van der Waals surface area (Å²) in [6.45, 7) is 0. The van der Waals surface area contributed by atoms with Crippen molar-refractivity contribution in [2.45, 2.75) is 18.1 Å². The first-order chi connectivity index (χ1) is 9.15. The molecule has 1 aliphatic heterocycles. The molecule has 0 amide bonds. The molecule has 1 atom stereocenters. The highest BCUT2D eigenvalue weighted by molar-refractivity contribution is 5.74. The first-order valence-corrected chi connectivity index (χ1v) is 5.26. The van der Waals surface area contributed by atoms with Gasteiger partial charge in [-0.05, 0) is 12.1 Å². The molecule has 1 unspecified atom stereocenters. The Balaban J connectivity index is 2.35. The van der Waals surface area contributed by atoms with Crippen molar-refractivity contribution in [1.29, 1.82) is 0 Å². The van der Waals surface area contributed by atoms with E-state index in [-0.39, 0.29) is 11.0 Å². The lowest BCUT2D eigenvalue weighted by Crippen LogP contribution is -2.39. The number of hydrogen-bond donors (Lipinski definition) is 0. The van der Waals surface area contributed by atoms with Gasteiger partial charge in [-0.3, -0.25) is 4.74 Å². The molecule has 0 aliphatic carbocycles. The number of benzene rings is 1. The topological polar surface area (TPSA) is 35.0 Å². The molecule has 0 radical (unpaired) electrons. The van der Waals surface area contributed by atoms with Crippen molar-refractivity contribution in [2.75, 3.05) is 0 Å². The normalized spacial score (nSPS) is 24.9. The van der Waals surface area contributed by atoms with E-state index in [1.54, 1.807) is 0 Å². The Bertz CT molecular complexity index is 701. The number of hydrogen-bond acceptors (Lipinski definition) is 3. The average molecular weight is 294 g/mol. The maximum absolute atomic E-state index is 13.9. The van der Waals surface area contributed by atoms with Gasteiger partial charge in [-0.25, -0.2) is 9.97 Å². The van der Waals surface area contributed by atoms with E-state index >= 15 is 0 Å². The van der Waals surface area contributed by atoms with Crippen LogP contribution < -0.4 is 0 Å². The van der Waals surface area contributed by atoms with Crippen LogP contribution in [0.3, 0.4) is 0 Å². The molecular formula is C11H4F6N2O. The van der Waals surface area contributed by atoms with E-state index < -0.39 is 29.5 Å². The third-order valence-electron chi connectivity index (χ3n) is 2.78. The average Bonchev–Trinajstić information content (AvgIpc) is 2.55. The fourth-order valence-corrected chi connectivity index (χ4v) is 1.89. The largest absolute Gasteiger partial charge is 0.455 e. The van der Waals surface area contributed by atoms with Gasteiger partial charge >= 0.3 is 18.1 Å². The molecule has 0 spiro atoms. The van der Waals surface area contributed by atoms with Crippen LogP contribution in [0.1, 0.15) is 11.4 Å². The number of ether oxygens (including phenoxy) is 1. The van der Waals surface area contributed by atoms with Crippen molar-refractivity contribution in [3.63, 3.8) is 0 Å². The number of rotatable bonds is 0. The van der Waals surface area contributed by atoms with Gasteiger partial charge in [0.25, 0.3) is 0 Å². The fraction of sp³-hybridized carbons (Fsp3) is 0.273. The maximum Gasteiger partial charge on any atom is 0.455 e. The van der Waals surface area contributed by atoms with E-state index in [2.05, 4.69) is 14.7 Å². The van der Waals surface area contributed by atoms with Gasteiger partial charge in [0.05, 0.1) is 11.0 Å². The summed E-state index contributed by atoms with van der Waals surface area (Å²) >= 11 is 0. The lowest BCUT2D eigenvalue weighted by Gasteiger charge is -2.22. The van der Waals surface area contributed by atoms with Crippen molar-refractivity contribution in [2.24, 2.45) is 0 Å². The Hall–Kier alpha value is -1.90. The molecule has 0 saturated carbocycles. The number of para-hydroxylation sites is 2. The van der Waals surface area contributed by atoms with Crippen LogP contribution in [-0.2, 0) is 16.7 Å². The molecule has 2 aromatic rings. The van der Waals surface area contributed by atoms with E-state index in [0.717, 1.165) is 0 Å². The smallest absolute Gasteiger partial charge is 0.264 e. The van der Waals surface area contributed by atoms with Crippen LogP contribution in [0.5, 0.6) is 0 Å². The summed E-state index contributed by atoms with van der Waals surface area (Å²) in [6.07, 6.45) is -10.2. The number of alkyl halides is 6. The first-order valence-electron chi connectivity index (χ1n) is 5.26. The molecule has 3 nitrogen and oxygen atoms in total. The molecule has 1 aliphatic rings.